The maximum Gasteiger partial charge on any atom is 0.459 e. The minimum Gasteiger partial charge on any atom is -0.462 e. The molecule has 0 spiro atoms. The van der Waals surface area contributed by atoms with Crippen LogP contribution in [-0.2, 0) is 23.4 Å². The van der Waals surface area contributed by atoms with Crippen molar-refractivity contribution in [2.24, 2.45) is 0 Å². The number of aliphatic hydroxyl groups is 2. The predicted octanol–water partition coefficient (Wildman–Crippen LogP) is 1.07. The lowest BCUT2D eigenvalue weighted by atomic mass is 9.96. The highest BCUT2D eigenvalue weighted by Gasteiger charge is 2.54. The van der Waals surface area contributed by atoms with Crippen LogP contribution in [0, 0.1) is 0 Å². The molecule has 1 aliphatic rings. The van der Waals surface area contributed by atoms with Crippen molar-refractivity contribution in [3.05, 3.63) is 63.4 Å². The fourth-order valence-electron chi connectivity index (χ4n) is 3.69. The number of ether oxygens (including phenoxy) is 2. The number of aromatic nitrogens is 2. The number of nitrogens with one attached hydrogen (secondary N) is 2. The Morgan fingerprint density at radius 3 is 2.54 bits per heavy atom. The Labute approximate surface area is 212 Å². The summed E-state index contributed by atoms with van der Waals surface area (Å²) in [6, 6.07) is 8.12. The van der Waals surface area contributed by atoms with Crippen LogP contribution in [0.1, 0.15) is 40.3 Å². The van der Waals surface area contributed by atoms with E-state index >= 15 is 0 Å². The van der Waals surface area contributed by atoms with Gasteiger partial charge in [-0.1, -0.05) is 25.1 Å². The van der Waals surface area contributed by atoms with Crippen LogP contribution in [-0.4, -0.2) is 62.3 Å². The summed E-state index contributed by atoms with van der Waals surface area (Å²) in [5.74, 6) is -0.474. The molecule has 1 fully saturated rings. The van der Waals surface area contributed by atoms with E-state index in [0.29, 0.717) is 0 Å². The highest BCUT2D eigenvalue weighted by Crippen LogP contribution is 2.47. The largest absolute Gasteiger partial charge is 0.462 e. The zero-order valence-electron chi connectivity index (χ0n) is 20.9. The molecule has 14 heteroatoms. The summed E-state index contributed by atoms with van der Waals surface area (Å²) < 4.78 is 36.8. The van der Waals surface area contributed by atoms with Crippen molar-refractivity contribution >= 4 is 13.7 Å². The first-order valence-electron chi connectivity index (χ1n) is 11.7. The van der Waals surface area contributed by atoms with Crippen molar-refractivity contribution in [1.29, 1.82) is 0 Å². The third kappa shape index (κ3) is 6.95. The average molecular weight is 541 g/mol. The highest BCUT2D eigenvalue weighted by molar-refractivity contribution is 7.52. The van der Waals surface area contributed by atoms with Gasteiger partial charge in [0.2, 0.25) is 0 Å². The Bertz CT molecular complexity index is 1230. The lowest BCUT2D eigenvalue weighted by molar-refractivity contribution is -0.149. The second-order valence-corrected chi connectivity index (χ2v) is 10.7. The van der Waals surface area contributed by atoms with Crippen molar-refractivity contribution in [1.82, 2.24) is 14.6 Å². The van der Waals surface area contributed by atoms with E-state index in [9.17, 15) is 29.2 Å². The Morgan fingerprint density at radius 2 is 1.95 bits per heavy atom. The van der Waals surface area contributed by atoms with E-state index in [2.05, 4.69) is 5.09 Å². The van der Waals surface area contributed by atoms with Gasteiger partial charge in [-0.2, -0.15) is 5.09 Å². The fraction of sp³-hybridized carbons (Fsp3) is 0.522. The molecule has 0 amide bonds. The van der Waals surface area contributed by atoms with Crippen LogP contribution in [0.15, 0.2) is 52.2 Å². The highest BCUT2D eigenvalue weighted by atomic mass is 31.2. The SMILES string of the molecule is CC[C@H](NP(=O)(OC[C@H]1O[C@@H](n2ccc(=O)[nH]c2=O)[C@](C)(O)[C@@H]1O)Oc1ccccc1)C(=O)OC(C)C. The number of aliphatic hydroxyl groups excluding tert-OH is 1. The Hall–Kier alpha value is -2.80. The first-order chi connectivity index (χ1) is 17.4. The van der Waals surface area contributed by atoms with Crippen molar-refractivity contribution < 1.29 is 38.1 Å². The Kier molecular flexibility index (Phi) is 9.11. The van der Waals surface area contributed by atoms with Crippen molar-refractivity contribution in [3.63, 3.8) is 0 Å². The summed E-state index contributed by atoms with van der Waals surface area (Å²) in [7, 11) is -4.28. The van der Waals surface area contributed by atoms with E-state index in [4.69, 9.17) is 18.5 Å². The summed E-state index contributed by atoms with van der Waals surface area (Å²) in [6.45, 7) is 5.72. The summed E-state index contributed by atoms with van der Waals surface area (Å²) in [6.07, 6.45) is -3.34. The zero-order chi connectivity index (χ0) is 27.4. The van der Waals surface area contributed by atoms with Gasteiger partial charge in [0.25, 0.3) is 5.56 Å². The minimum atomic E-state index is -4.28. The Morgan fingerprint density at radius 1 is 1.27 bits per heavy atom. The zero-order valence-corrected chi connectivity index (χ0v) is 21.8. The number of esters is 1. The molecule has 4 N–H and O–H groups in total. The molecule has 3 rings (SSSR count). The minimum absolute atomic E-state index is 0.183. The number of rotatable bonds is 11. The summed E-state index contributed by atoms with van der Waals surface area (Å²) >= 11 is 0. The number of hydrogen-bond acceptors (Lipinski definition) is 10. The van der Waals surface area contributed by atoms with Crippen LogP contribution in [0.3, 0.4) is 0 Å². The number of aromatic amines is 1. The second kappa shape index (κ2) is 11.7. The number of hydrogen-bond donors (Lipinski definition) is 4. The number of para-hydroxylation sites is 1. The van der Waals surface area contributed by atoms with Gasteiger partial charge in [0.1, 0.15) is 29.6 Å². The van der Waals surface area contributed by atoms with E-state index in [1.54, 1.807) is 39.0 Å². The molecule has 0 saturated carbocycles. The summed E-state index contributed by atoms with van der Waals surface area (Å²) in [5, 5.41) is 24.2. The number of carbonyl (C=O) groups excluding carboxylic acids is 1. The summed E-state index contributed by atoms with van der Waals surface area (Å²) in [4.78, 5) is 38.2. The summed E-state index contributed by atoms with van der Waals surface area (Å²) in [5.41, 5.74) is -3.49. The molecule has 204 valence electrons. The van der Waals surface area contributed by atoms with Crippen molar-refractivity contribution in [2.45, 2.75) is 70.3 Å². The van der Waals surface area contributed by atoms with Gasteiger partial charge >= 0.3 is 19.4 Å². The fourth-order valence-corrected chi connectivity index (χ4v) is 5.28. The molecular weight excluding hydrogens is 509 g/mol. The third-order valence-corrected chi connectivity index (χ3v) is 7.16. The number of H-pyrrole nitrogens is 1. The van der Waals surface area contributed by atoms with Gasteiger partial charge < -0.3 is 24.2 Å². The molecule has 37 heavy (non-hydrogen) atoms. The molecule has 0 aliphatic carbocycles. The molecule has 2 heterocycles. The van der Waals surface area contributed by atoms with Gasteiger partial charge in [-0.25, -0.2) is 9.36 Å². The molecule has 1 aromatic heterocycles. The first kappa shape index (κ1) is 28.8. The van der Waals surface area contributed by atoms with Gasteiger partial charge in [0, 0.05) is 12.3 Å². The lowest BCUT2D eigenvalue weighted by Gasteiger charge is -2.27. The maximum atomic E-state index is 13.8. The molecular formula is C23H32N3O10P. The van der Waals surface area contributed by atoms with E-state index in [0.717, 1.165) is 16.8 Å². The molecule has 0 bridgehead atoms. The standard InChI is InChI=1S/C23H32N3O10P/c1-5-16(20(29)34-14(2)3)25-37(32,36-15-9-7-6-8-10-15)33-13-17-19(28)23(4,31)21(35-17)26-12-11-18(27)24-22(26)30/h6-12,14,16-17,19,21,28,31H,5,13H2,1-4H3,(H,25,32)(H,24,27,30)/t16-,17+,19+,21+,23+,37?/m0/s1. The van der Waals surface area contributed by atoms with Gasteiger partial charge in [-0.05, 0) is 39.3 Å². The molecule has 1 unspecified atom stereocenters. The lowest BCUT2D eigenvalue weighted by Crippen LogP contribution is -2.47. The number of benzene rings is 1. The molecule has 2 aromatic rings. The number of carbonyl (C=O) groups is 1. The smallest absolute Gasteiger partial charge is 0.459 e. The maximum absolute atomic E-state index is 13.8. The average Bonchev–Trinajstić information content (AvgIpc) is 3.05. The predicted molar refractivity (Wildman–Crippen MR) is 131 cm³/mol. The van der Waals surface area contributed by atoms with Crippen LogP contribution in [0.5, 0.6) is 5.75 Å². The van der Waals surface area contributed by atoms with Gasteiger partial charge in [0.05, 0.1) is 12.7 Å². The quantitative estimate of drug-likeness (QED) is 0.236. The van der Waals surface area contributed by atoms with Gasteiger partial charge in [-0.3, -0.25) is 23.7 Å². The normalized spacial score (nSPS) is 26.0. The molecule has 6 atom stereocenters. The molecule has 0 radical (unpaired) electrons. The first-order valence-corrected chi connectivity index (χ1v) is 13.3. The Balaban J connectivity index is 1.82. The molecule has 13 nitrogen and oxygen atoms in total. The monoisotopic (exact) mass is 541 g/mol. The molecule has 1 saturated heterocycles. The van der Waals surface area contributed by atoms with Crippen LogP contribution < -0.4 is 20.9 Å². The van der Waals surface area contributed by atoms with Crippen LogP contribution in [0.4, 0.5) is 0 Å². The topological polar surface area (TPSA) is 178 Å². The van der Waals surface area contributed by atoms with E-state index < -0.39 is 67.8 Å². The van der Waals surface area contributed by atoms with Crippen molar-refractivity contribution in [3.8, 4) is 5.75 Å². The van der Waals surface area contributed by atoms with E-state index in [1.165, 1.54) is 19.1 Å². The third-order valence-electron chi connectivity index (χ3n) is 5.59. The van der Waals surface area contributed by atoms with E-state index in [-0.39, 0.29) is 12.2 Å². The van der Waals surface area contributed by atoms with E-state index in [1.807, 2.05) is 4.98 Å². The molecule has 1 aromatic carbocycles. The van der Waals surface area contributed by atoms with Crippen LogP contribution in [0.2, 0.25) is 0 Å². The van der Waals surface area contributed by atoms with Crippen LogP contribution >= 0.6 is 7.75 Å². The van der Waals surface area contributed by atoms with Gasteiger partial charge in [0.15, 0.2) is 6.23 Å². The molecule has 1 aliphatic heterocycles. The van der Waals surface area contributed by atoms with Crippen molar-refractivity contribution in [2.75, 3.05) is 6.61 Å². The second-order valence-electron chi connectivity index (χ2n) is 8.99. The van der Waals surface area contributed by atoms with Gasteiger partial charge in [-0.15, -0.1) is 0 Å². The van der Waals surface area contributed by atoms with Crippen LogP contribution in [0.25, 0.3) is 0 Å². The number of nitrogens with zero attached hydrogens (tertiary/aromatic N) is 1.